The van der Waals surface area contributed by atoms with E-state index in [1.54, 1.807) is 9.88 Å². The number of pyridine rings is 1. The molecule has 1 aliphatic rings. The minimum atomic E-state index is -4.64. The van der Waals surface area contributed by atoms with Gasteiger partial charge in [-0.05, 0) is 58.5 Å². The third-order valence-corrected chi connectivity index (χ3v) is 4.24. The smallest absolute Gasteiger partial charge is 0.335 e. The average Bonchev–Trinajstić information content (AvgIpc) is 2.51. The normalized spacial score (nSPS) is 18.9. The van der Waals surface area contributed by atoms with Gasteiger partial charge in [-0.3, -0.25) is 9.59 Å². The molecule has 2 heterocycles. The molecule has 0 aliphatic carbocycles. The van der Waals surface area contributed by atoms with Gasteiger partial charge in [0.2, 0.25) is 0 Å². The summed E-state index contributed by atoms with van der Waals surface area (Å²) in [7, 11) is 3.88. The first-order valence-electron chi connectivity index (χ1n) is 7.96. The number of amides is 1. The number of piperidine rings is 1. The van der Waals surface area contributed by atoms with Gasteiger partial charge in [0.15, 0.2) is 0 Å². The molecule has 1 saturated heterocycles. The van der Waals surface area contributed by atoms with Crippen LogP contribution in [0.1, 0.15) is 41.7 Å². The highest BCUT2D eigenvalue weighted by Gasteiger charge is 2.33. The van der Waals surface area contributed by atoms with E-state index in [2.05, 4.69) is 0 Å². The second kappa shape index (κ2) is 7.38. The van der Waals surface area contributed by atoms with Crippen molar-refractivity contribution in [2.24, 2.45) is 0 Å². The van der Waals surface area contributed by atoms with Gasteiger partial charge in [0, 0.05) is 12.6 Å². The van der Waals surface area contributed by atoms with Crippen LogP contribution < -0.4 is 5.56 Å². The molecule has 24 heavy (non-hydrogen) atoms. The van der Waals surface area contributed by atoms with Crippen LogP contribution in [0.25, 0.3) is 0 Å². The Bertz CT molecular complexity index is 640. The van der Waals surface area contributed by atoms with E-state index in [-0.39, 0.29) is 11.6 Å². The fraction of sp³-hybridized carbons (Fsp3) is 0.625. The van der Waals surface area contributed by atoms with E-state index >= 15 is 0 Å². The first-order valence-corrected chi connectivity index (χ1v) is 7.96. The topological polar surface area (TPSA) is 56.4 Å². The molecule has 0 aromatic carbocycles. The van der Waals surface area contributed by atoms with Gasteiger partial charge in [0.25, 0.3) is 11.5 Å². The second-order valence-electron chi connectivity index (χ2n) is 6.35. The number of carbonyl (C=O) groups excluding carboxylic acids is 1. The summed E-state index contributed by atoms with van der Waals surface area (Å²) in [6.45, 7) is 1.33. The Morgan fingerprint density at radius 3 is 2.62 bits per heavy atom. The molecule has 0 unspecified atom stereocenters. The highest BCUT2D eigenvalue weighted by atomic mass is 19.4. The van der Waals surface area contributed by atoms with Crippen molar-refractivity contribution in [2.45, 2.75) is 37.9 Å². The van der Waals surface area contributed by atoms with Gasteiger partial charge in [0.1, 0.15) is 11.3 Å². The van der Waals surface area contributed by atoms with Crippen molar-refractivity contribution in [2.75, 3.05) is 27.2 Å². The third kappa shape index (κ3) is 4.37. The van der Waals surface area contributed by atoms with Gasteiger partial charge < -0.3 is 14.8 Å². The number of aromatic amines is 1. The third-order valence-electron chi connectivity index (χ3n) is 4.24. The van der Waals surface area contributed by atoms with Gasteiger partial charge in [-0.1, -0.05) is 0 Å². The molecule has 1 amide bonds. The Kier molecular flexibility index (Phi) is 5.69. The number of nitrogens with zero attached hydrogens (tertiary/aromatic N) is 2. The summed E-state index contributed by atoms with van der Waals surface area (Å²) in [5, 5.41) is 0. The van der Waals surface area contributed by atoms with Crippen LogP contribution in [0, 0.1) is 0 Å². The summed E-state index contributed by atoms with van der Waals surface area (Å²) < 4.78 is 37.9. The molecule has 0 saturated carbocycles. The zero-order valence-electron chi connectivity index (χ0n) is 13.8. The highest BCUT2D eigenvalue weighted by Crippen LogP contribution is 2.27. The van der Waals surface area contributed by atoms with Crippen LogP contribution >= 0.6 is 0 Å². The summed E-state index contributed by atoms with van der Waals surface area (Å²) in [5.74, 6) is -0.492. The van der Waals surface area contributed by atoms with Gasteiger partial charge in [0.05, 0.1) is 0 Å². The van der Waals surface area contributed by atoms with Crippen LogP contribution in [0.3, 0.4) is 0 Å². The molecule has 134 valence electrons. The molecule has 8 heteroatoms. The summed E-state index contributed by atoms with van der Waals surface area (Å²) >= 11 is 0. The minimum absolute atomic E-state index is 0.00958. The zero-order valence-corrected chi connectivity index (χ0v) is 13.8. The summed E-state index contributed by atoms with van der Waals surface area (Å²) in [4.78, 5) is 30.0. The lowest BCUT2D eigenvalue weighted by Gasteiger charge is -2.36. The molecule has 1 N–H and O–H groups in total. The monoisotopic (exact) mass is 345 g/mol. The lowest BCUT2D eigenvalue weighted by molar-refractivity contribution is -0.141. The van der Waals surface area contributed by atoms with Crippen LogP contribution in [-0.4, -0.2) is 53.9 Å². The summed E-state index contributed by atoms with van der Waals surface area (Å²) in [5.41, 5.74) is -2.38. The Labute approximate surface area is 138 Å². The quantitative estimate of drug-likeness (QED) is 0.911. The standard InChI is InChI=1S/C16H22F3N3O2/c1-21(2)10-8-11-5-3-4-9-22(11)15(24)12-6-7-13(16(17,18)19)20-14(12)23/h6-7,11H,3-5,8-10H2,1-2H3,(H,20,23)/t11-/m0/s1. The van der Waals surface area contributed by atoms with Gasteiger partial charge >= 0.3 is 6.18 Å². The lowest BCUT2D eigenvalue weighted by atomic mass is 9.98. The summed E-state index contributed by atoms with van der Waals surface area (Å²) in [6, 6.07) is 1.73. The first-order chi connectivity index (χ1) is 11.2. The number of likely N-dealkylation sites (tertiary alicyclic amines) is 1. The van der Waals surface area contributed by atoms with Gasteiger partial charge in [-0.25, -0.2) is 0 Å². The first kappa shape index (κ1) is 18.5. The molecule has 0 radical (unpaired) electrons. The van der Waals surface area contributed by atoms with Crippen LogP contribution in [0.4, 0.5) is 13.2 Å². The van der Waals surface area contributed by atoms with Crippen molar-refractivity contribution in [1.82, 2.24) is 14.8 Å². The van der Waals surface area contributed by atoms with Crippen LogP contribution in [0.5, 0.6) is 0 Å². The number of H-pyrrole nitrogens is 1. The molecule has 1 aliphatic heterocycles. The Morgan fingerprint density at radius 1 is 1.33 bits per heavy atom. The van der Waals surface area contributed by atoms with Crippen LogP contribution in [0.2, 0.25) is 0 Å². The maximum absolute atomic E-state index is 12.6. The van der Waals surface area contributed by atoms with E-state index in [4.69, 9.17) is 0 Å². The van der Waals surface area contributed by atoms with Crippen molar-refractivity contribution in [3.05, 3.63) is 33.7 Å². The van der Waals surface area contributed by atoms with E-state index < -0.39 is 23.3 Å². The predicted molar refractivity (Wildman–Crippen MR) is 83.9 cm³/mol. The lowest BCUT2D eigenvalue weighted by Crippen LogP contribution is -2.46. The van der Waals surface area contributed by atoms with Crippen molar-refractivity contribution >= 4 is 5.91 Å². The molecule has 1 aromatic rings. The van der Waals surface area contributed by atoms with E-state index in [0.717, 1.165) is 44.4 Å². The fourth-order valence-electron chi connectivity index (χ4n) is 2.94. The molecule has 2 rings (SSSR count). The molecular formula is C16H22F3N3O2. The highest BCUT2D eigenvalue weighted by molar-refractivity contribution is 5.94. The summed E-state index contributed by atoms with van der Waals surface area (Å²) in [6.07, 6.45) is -1.18. The SMILES string of the molecule is CN(C)CC[C@@H]1CCCCN1C(=O)c1ccc(C(F)(F)F)[nH]c1=O. The Morgan fingerprint density at radius 2 is 2.04 bits per heavy atom. The number of alkyl halides is 3. The van der Waals surface area contributed by atoms with E-state index in [0.29, 0.717) is 6.54 Å². The molecule has 5 nitrogen and oxygen atoms in total. The molecular weight excluding hydrogens is 323 g/mol. The molecule has 0 bridgehead atoms. The minimum Gasteiger partial charge on any atom is -0.335 e. The zero-order chi connectivity index (χ0) is 17.9. The number of rotatable bonds is 4. The number of halogens is 3. The molecule has 1 aromatic heterocycles. The number of hydrogen-bond acceptors (Lipinski definition) is 3. The fourth-order valence-corrected chi connectivity index (χ4v) is 2.94. The largest absolute Gasteiger partial charge is 0.431 e. The van der Waals surface area contributed by atoms with E-state index in [9.17, 15) is 22.8 Å². The van der Waals surface area contributed by atoms with E-state index in [1.165, 1.54) is 0 Å². The number of hydrogen-bond donors (Lipinski definition) is 1. The van der Waals surface area contributed by atoms with Crippen LogP contribution in [0.15, 0.2) is 16.9 Å². The predicted octanol–water partition coefficient (Wildman–Crippen LogP) is 2.34. The maximum atomic E-state index is 12.6. The van der Waals surface area contributed by atoms with Gasteiger partial charge in [-0.15, -0.1) is 0 Å². The molecule has 1 fully saturated rings. The average molecular weight is 345 g/mol. The Balaban J connectivity index is 2.21. The van der Waals surface area contributed by atoms with Crippen molar-refractivity contribution in [3.63, 3.8) is 0 Å². The number of carbonyl (C=O) groups is 1. The molecule has 0 spiro atoms. The van der Waals surface area contributed by atoms with Crippen molar-refractivity contribution in [3.8, 4) is 0 Å². The van der Waals surface area contributed by atoms with Crippen LogP contribution in [-0.2, 0) is 6.18 Å². The Hall–Kier alpha value is -1.83. The maximum Gasteiger partial charge on any atom is 0.431 e. The van der Waals surface area contributed by atoms with E-state index in [1.807, 2.05) is 19.0 Å². The second-order valence-corrected chi connectivity index (χ2v) is 6.35. The number of nitrogens with one attached hydrogen (secondary N) is 1. The van der Waals surface area contributed by atoms with Crippen molar-refractivity contribution in [1.29, 1.82) is 0 Å². The van der Waals surface area contributed by atoms with Crippen molar-refractivity contribution < 1.29 is 18.0 Å². The molecule has 1 atom stereocenters. The van der Waals surface area contributed by atoms with Gasteiger partial charge in [-0.2, -0.15) is 13.2 Å². The number of aromatic nitrogens is 1.